The predicted octanol–water partition coefficient (Wildman–Crippen LogP) is 1.23. The van der Waals surface area contributed by atoms with Crippen LogP contribution in [-0.4, -0.2) is 21.0 Å². The van der Waals surface area contributed by atoms with E-state index in [9.17, 15) is 4.79 Å². The van der Waals surface area contributed by atoms with Crippen LogP contribution in [0, 0.1) is 0 Å². The fourth-order valence-corrected chi connectivity index (χ4v) is 1.39. The van der Waals surface area contributed by atoms with Crippen molar-refractivity contribution < 1.29 is 9.90 Å². The Balaban J connectivity index is 2.28. The van der Waals surface area contributed by atoms with Gasteiger partial charge in [0.05, 0.1) is 0 Å². The number of rotatable bonds is 3. The number of hydrogen-bond acceptors (Lipinski definition) is 4. The first-order valence-corrected chi connectivity index (χ1v) is 5.04. The molecule has 0 saturated heterocycles. The molecule has 0 aliphatic heterocycles. The first-order valence-electron chi connectivity index (χ1n) is 5.04. The fourth-order valence-electron chi connectivity index (χ4n) is 1.39. The van der Waals surface area contributed by atoms with E-state index in [-0.39, 0.29) is 5.82 Å². The quantitative estimate of drug-likeness (QED) is 0.826. The van der Waals surface area contributed by atoms with Gasteiger partial charge in [0.25, 0.3) is 0 Å². The van der Waals surface area contributed by atoms with Gasteiger partial charge in [-0.3, -0.25) is 4.79 Å². The van der Waals surface area contributed by atoms with E-state index in [1.54, 1.807) is 12.4 Å². The molecule has 0 aliphatic rings. The molecule has 2 aromatic rings. The van der Waals surface area contributed by atoms with Gasteiger partial charge >= 0.3 is 5.97 Å². The molecule has 3 N–H and O–H groups in total. The maximum atomic E-state index is 10.6. The Hall–Kier alpha value is -2.27. The van der Waals surface area contributed by atoms with Crippen molar-refractivity contribution in [1.82, 2.24) is 9.97 Å². The zero-order valence-corrected chi connectivity index (χ0v) is 8.95. The highest BCUT2D eigenvalue weighted by Gasteiger charge is 2.16. The van der Waals surface area contributed by atoms with Crippen LogP contribution in [0.1, 0.15) is 11.9 Å². The van der Waals surface area contributed by atoms with Crippen LogP contribution in [0.4, 0.5) is 0 Å². The molecule has 0 bridgehead atoms. The third-order valence-corrected chi connectivity index (χ3v) is 2.32. The van der Waals surface area contributed by atoms with Gasteiger partial charge in [0, 0.05) is 18.0 Å². The van der Waals surface area contributed by atoms with E-state index < -0.39 is 12.0 Å². The SMILES string of the molecule is NC(C(=O)O)c1ncc(-c2ccccc2)cn1. The molecule has 2 rings (SSSR count). The van der Waals surface area contributed by atoms with Crippen molar-refractivity contribution in [3.05, 3.63) is 48.5 Å². The zero-order chi connectivity index (χ0) is 12.3. The molecule has 0 aliphatic carbocycles. The number of hydrogen-bond donors (Lipinski definition) is 2. The average Bonchev–Trinajstić information content (AvgIpc) is 2.39. The lowest BCUT2D eigenvalue weighted by Crippen LogP contribution is -2.22. The van der Waals surface area contributed by atoms with E-state index in [1.165, 1.54) is 0 Å². The van der Waals surface area contributed by atoms with Crippen LogP contribution in [0.25, 0.3) is 11.1 Å². The van der Waals surface area contributed by atoms with Gasteiger partial charge in [0.2, 0.25) is 0 Å². The molecular formula is C12H11N3O2. The Bertz CT molecular complexity index is 511. The largest absolute Gasteiger partial charge is 0.480 e. The standard InChI is InChI=1S/C12H11N3O2/c13-10(12(16)17)11-14-6-9(7-15-11)8-4-2-1-3-5-8/h1-7,10H,13H2,(H,16,17). The van der Waals surface area contributed by atoms with E-state index in [0.29, 0.717) is 0 Å². The molecular weight excluding hydrogens is 218 g/mol. The van der Waals surface area contributed by atoms with Gasteiger partial charge in [0.1, 0.15) is 0 Å². The summed E-state index contributed by atoms with van der Waals surface area (Å²) < 4.78 is 0. The van der Waals surface area contributed by atoms with Crippen LogP contribution in [-0.2, 0) is 4.79 Å². The normalized spacial score (nSPS) is 12.1. The van der Waals surface area contributed by atoms with Crippen LogP contribution >= 0.6 is 0 Å². The monoisotopic (exact) mass is 229 g/mol. The molecule has 1 heterocycles. The number of aromatic nitrogens is 2. The molecule has 0 fully saturated rings. The van der Waals surface area contributed by atoms with Gasteiger partial charge in [-0.2, -0.15) is 0 Å². The second-order valence-corrected chi connectivity index (χ2v) is 3.51. The van der Waals surface area contributed by atoms with E-state index in [4.69, 9.17) is 10.8 Å². The van der Waals surface area contributed by atoms with Crippen molar-refractivity contribution in [1.29, 1.82) is 0 Å². The summed E-state index contributed by atoms with van der Waals surface area (Å²) in [6.07, 6.45) is 3.14. The molecule has 1 atom stereocenters. The molecule has 86 valence electrons. The Morgan fingerprint density at radius 1 is 1.12 bits per heavy atom. The predicted molar refractivity (Wildman–Crippen MR) is 62.0 cm³/mol. The van der Waals surface area contributed by atoms with Crippen LogP contribution in [0.2, 0.25) is 0 Å². The second kappa shape index (κ2) is 4.71. The number of benzene rings is 1. The van der Waals surface area contributed by atoms with E-state index in [1.807, 2.05) is 30.3 Å². The molecule has 5 heteroatoms. The summed E-state index contributed by atoms with van der Waals surface area (Å²) in [7, 11) is 0. The van der Waals surface area contributed by atoms with Crippen LogP contribution in [0.15, 0.2) is 42.7 Å². The van der Waals surface area contributed by atoms with Gasteiger partial charge < -0.3 is 10.8 Å². The van der Waals surface area contributed by atoms with Gasteiger partial charge in [-0.25, -0.2) is 9.97 Å². The lowest BCUT2D eigenvalue weighted by Gasteiger charge is -2.05. The van der Waals surface area contributed by atoms with Crippen molar-refractivity contribution in [2.24, 2.45) is 5.73 Å². The average molecular weight is 229 g/mol. The first kappa shape index (κ1) is 11.2. The molecule has 5 nitrogen and oxygen atoms in total. The molecule has 0 radical (unpaired) electrons. The molecule has 17 heavy (non-hydrogen) atoms. The molecule has 0 amide bonds. The first-order chi connectivity index (χ1) is 8.18. The third-order valence-electron chi connectivity index (χ3n) is 2.32. The van der Waals surface area contributed by atoms with Crippen molar-refractivity contribution in [3.8, 4) is 11.1 Å². The Morgan fingerprint density at radius 3 is 2.24 bits per heavy atom. The van der Waals surface area contributed by atoms with Gasteiger partial charge in [-0.05, 0) is 5.56 Å². The van der Waals surface area contributed by atoms with Crippen LogP contribution in [0.5, 0.6) is 0 Å². The zero-order valence-electron chi connectivity index (χ0n) is 8.95. The molecule has 0 saturated carbocycles. The Kier molecular flexibility index (Phi) is 3.11. The number of carboxylic acids is 1. The maximum Gasteiger partial charge on any atom is 0.328 e. The number of carbonyl (C=O) groups is 1. The van der Waals surface area contributed by atoms with E-state index >= 15 is 0 Å². The summed E-state index contributed by atoms with van der Waals surface area (Å²) in [6.45, 7) is 0. The summed E-state index contributed by atoms with van der Waals surface area (Å²) in [5.74, 6) is -1.03. The lowest BCUT2D eigenvalue weighted by atomic mass is 10.1. The smallest absolute Gasteiger partial charge is 0.328 e. The number of nitrogens with two attached hydrogens (primary N) is 1. The van der Waals surface area contributed by atoms with Gasteiger partial charge in [0.15, 0.2) is 11.9 Å². The minimum Gasteiger partial charge on any atom is -0.480 e. The highest BCUT2D eigenvalue weighted by molar-refractivity contribution is 5.74. The summed E-state index contributed by atoms with van der Waals surface area (Å²) in [4.78, 5) is 18.6. The van der Waals surface area contributed by atoms with Crippen molar-refractivity contribution >= 4 is 5.97 Å². The number of aliphatic carboxylic acids is 1. The van der Waals surface area contributed by atoms with E-state index in [0.717, 1.165) is 11.1 Å². The van der Waals surface area contributed by atoms with Crippen molar-refractivity contribution in [2.45, 2.75) is 6.04 Å². The second-order valence-electron chi connectivity index (χ2n) is 3.51. The van der Waals surface area contributed by atoms with Gasteiger partial charge in [-0.15, -0.1) is 0 Å². The fraction of sp³-hybridized carbons (Fsp3) is 0.0833. The highest BCUT2D eigenvalue weighted by atomic mass is 16.4. The van der Waals surface area contributed by atoms with Crippen LogP contribution in [0.3, 0.4) is 0 Å². The molecule has 1 aromatic carbocycles. The van der Waals surface area contributed by atoms with Crippen LogP contribution < -0.4 is 5.73 Å². The maximum absolute atomic E-state index is 10.6. The van der Waals surface area contributed by atoms with Crippen molar-refractivity contribution in [3.63, 3.8) is 0 Å². The molecule has 1 aromatic heterocycles. The summed E-state index contributed by atoms with van der Waals surface area (Å²) in [5, 5.41) is 8.72. The Labute approximate surface area is 98.0 Å². The topological polar surface area (TPSA) is 89.1 Å². The highest BCUT2D eigenvalue weighted by Crippen LogP contribution is 2.17. The summed E-state index contributed by atoms with van der Waals surface area (Å²) >= 11 is 0. The van der Waals surface area contributed by atoms with E-state index in [2.05, 4.69) is 9.97 Å². The third kappa shape index (κ3) is 2.46. The minimum absolute atomic E-state index is 0.109. The Morgan fingerprint density at radius 2 is 1.71 bits per heavy atom. The number of nitrogens with zero attached hydrogens (tertiary/aromatic N) is 2. The molecule has 1 unspecified atom stereocenters. The summed E-state index contributed by atoms with van der Waals surface area (Å²) in [5.41, 5.74) is 7.20. The molecule has 0 spiro atoms. The lowest BCUT2D eigenvalue weighted by molar-refractivity contribution is -0.138. The number of carboxylic acid groups (broad SMARTS) is 1. The minimum atomic E-state index is -1.18. The van der Waals surface area contributed by atoms with Crippen molar-refractivity contribution in [2.75, 3.05) is 0 Å². The van der Waals surface area contributed by atoms with Gasteiger partial charge in [-0.1, -0.05) is 30.3 Å². The summed E-state index contributed by atoms with van der Waals surface area (Å²) in [6, 6.07) is 8.41.